The number of rotatable bonds is 3. The van der Waals surface area contributed by atoms with Crippen molar-refractivity contribution in [1.29, 1.82) is 0 Å². The molecule has 0 N–H and O–H groups in total. The van der Waals surface area contributed by atoms with Gasteiger partial charge in [0.1, 0.15) is 5.56 Å². The first-order valence-corrected chi connectivity index (χ1v) is 6.56. The van der Waals surface area contributed by atoms with Crippen molar-refractivity contribution in [3.05, 3.63) is 33.2 Å². The SMILES string of the molecule is CCOC(=O)c1cn(CC)c2c(c1=O)C(=O)CCC2. The van der Waals surface area contributed by atoms with E-state index in [4.69, 9.17) is 4.74 Å². The average Bonchev–Trinajstić information content (AvgIpc) is 2.39. The zero-order valence-corrected chi connectivity index (χ0v) is 11.2. The summed E-state index contributed by atoms with van der Waals surface area (Å²) in [6.07, 6.45) is 3.34. The van der Waals surface area contributed by atoms with Crippen LogP contribution in [-0.4, -0.2) is 22.9 Å². The van der Waals surface area contributed by atoms with Crippen molar-refractivity contribution in [3.63, 3.8) is 0 Å². The van der Waals surface area contributed by atoms with Gasteiger partial charge in [-0.3, -0.25) is 9.59 Å². The third kappa shape index (κ3) is 2.32. The van der Waals surface area contributed by atoms with Crippen LogP contribution in [0.25, 0.3) is 0 Å². The zero-order valence-electron chi connectivity index (χ0n) is 11.2. The molecule has 0 aromatic carbocycles. The van der Waals surface area contributed by atoms with Crippen LogP contribution in [0.1, 0.15) is 53.1 Å². The molecule has 0 bridgehead atoms. The Morgan fingerprint density at radius 3 is 2.68 bits per heavy atom. The Bertz CT molecular complexity index is 586. The number of hydrogen-bond acceptors (Lipinski definition) is 4. The van der Waals surface area contributed by atoms with Crippen molar-refractivity contribution in [1.82, 2.24) is 4.57 Å². The number of carbonyl (C=O) groups is 2. The molecule has 0 radical (unpaired) electrons. The van der Waals surface area contributed by atoms with E-state index in [1.54, 1.807) is 11.5 Å². The number of pyridine rings is 1. The molecule has 0 amide bonds. The van der Waals surface area contributed by atoms with E-state index in [1.807, 2.05) is 6.92 Å². The van der Waals surface area contributed by atoms with Crippen molar-refractivity contribution < 1.29 is 14.3 Å². The Hall–Kier alpha value is -1.91. The number of ether oxygens (including phenoxy) is 1. The van der Waals surface area contributed by atoms with Gasteiger partial charge in [-0.05, 0) is 26.7 Å². The predicted molar refractivity (Wildman–Crippen MR) is 69.6 cm³/mol. The fraction of sp³-hybridized carbons (Fsp3) is 0.500. The second-order valence-electron chi connectivity index (χ2n) is 4.48. The topological polar surface area (TPSA) is 65.4 Å². The first-order chi connectivity index (χ1) is 9.10. The standard InChI is InChI=1S/C14H17NO4/c1-3-15-8-9(14(18)19-4-2)13(17)12-10(15)6-5-7-11(12)16/h8H,3-7H2,1-2H3. The number of fused-ring (bicyclic) bond motifs is 1. The third-order valence-electron chi connectivity index (χ3n) is 3.32. The van der Waals surface area contributed by atoms with E-state index < -0.39 is 11.4 Å². The normalized spacial score (nSPS) is 14.1. The number of ketones is 1. The van der Waals surface area contributed by atoms with Crippen LogP contribution in [-0.2, 0) is 17.7 Å². The minimum absolute atomic E-state index is 0.0438. The third-order valence-corrected chi connectivity index (χ3v) is 3.32. The summed E-state index contributed by atoms with van der Waals surface area (Å²) in [6.45, 7) is 4.41. The number of aromatic nitrogens is 1. The Morgan fingerprint density at radius 2 is 2.05 bits per heavy atom. The number of esters is 1. The van der Waals surface area contributed by atoms with E-state index in [1.165, 1.54) is 6.20 Å². The van der Waals surface area contributed by atoms with E-state index in [0.29, 0.717) is 19.4 Å². The Kier molecular flexibility index (Phi) is 3.83. The lowest BCUT2D eigenvalue weighted by Crippen LogP contribution is -2.31. The van der Waals surface area contributed by atoms with E-state index >= 15 is 0 Å². The van der Waals surface area contributed by atoms with E-state index in [9.17, 15) is 14.4 Å². The van der Waals surface area contributed by atoms with Crippen molar-refractivity contribution in [2.45, 2.75) is 39.7 Å². The van der Waals surface area contributed by atoms with Crippen LogP contribution in [0.4, 0.5) is 0 Å². The van der Waals surface area contributed by atoms with E-state index in [0.717, 1.165) is 12.1 Å². The second-order valence-corrected chi connectivity index (χ2v) is 4.48. The molecule has 1 aromatic rings. The molecule has 0 aliphatic heterocycles. The van der Waals surface area contributed by atoms with Gasteiger partial charge in [0.05, 0.1) is 12.2 Å². The van der Waals surface area contributed by atoms with Gasteiger partial charge in [0, 0.05) is 24.9 Å². The highest BCUT2D eigenvalue weighted by Crippen LogP contribution is 2.19. The molecular formula is C14H17NO4. The van der Waals surface area contributed by atoms with Gasteiger partial charge in [-0.1, -0.05) is 0 Å². The summed E-state index contributed by atoms with van der Waals surface area (Å²) in [5.41, 5.74) is 0.399. The average molecular weight is 263 g/mol. The maximum absolute atomic E-state index is 12.3. The molecule has 1 aromatic heterocycles. The molecule has 0 unspecified atom stereocenters. The number of carbonyl (C=O) groups excluding carboxylic acids is 2. The van der Waals surface area contributed by atoms with Crippen LogP contribution in [0.5, 0.6) is 0 Å². The smallest absolute Gasteiger partial charge is 0.343 e. The molecule has 2 rings (SSSR count). The quantitative estimate of drug-likeness (QED) is 0.776. The Labute approximate surface area is 111 Å². The van der Waals surface area contributed by atoms with E-state index in [-0.39, 0.29) is 23.5 Å². The molecule has 0 saturated heterocycles. The summed E-state index contributed by atoms with van der Waals surface area (Å²) >= 11 is 0. The van der Waals surface area contributed by atoms with Gasteiger partial charge in [0.25, 0.3) is 0 Å². The fourth-order valence-electron chi connectivity index (χ4n) is 2.44. The first kappa shape index (κ1) is 13.5. The highest BCUT2D eigenvalue weighted by atomic mass is 16.5. The molecule has 0 saturated carbocycles. The molecule has 0 spiro atoms. The van der Waals surface area contributed by atoms with Gasteiger partial charge in [-0.2, -0.15) is 0 Å². The van der Waals surface area contributed by atoms with Crippen molar-refractivity contribution in [2.75, 3.05) is 6.61 Å². The predicted octanol–water partition coefficient (Wildman–Crippen LogP) is 1.56. The van der Waals surface area contributed by atoms with Crippen LogP contribution in [0.3, 0.4) is 0 Å². The van der Waals surface area contributed by atoms with Crippen molar-refractivity contribution >= 4 is 11.8 Å². The maximum Gasteiger partial charge on any atom is 0.343 e. The second kappa shape index (κ2) is 5.38. The minimum atomic E-state index is -0.657. The highest BCUT2D eigenvalue weighted by Gasteiger charge is 2.27. The summed E-state index contributed by atoms with van der Waals surface area (Å²) in [7, 11) is 0. The van der Waals surface area contributed by atoms with Gasteiger partial charge in [0.2, 0.25) is 5.43 Å². The zero-order chi connectivity index (χ0) is 14.0. The summed E-state index contributed by atoms with van der Waals surface area (Å²) in [5.74, 6) is -0.824. The largest absolute Gasteiger partial charge is 0.462 e. The highest BCUT2D eigenvalue weighted by molar-refractivity contribution is 6.00. The monoisotopic (exact) mass is 263 g/mol. The van der Waals surface area contributed by atoms with Crippen LogP contribution in [0.15, 0.2) is 11.0 Å². The molecule has 1 aliphatic carbocycles. The summed E-state index contributed by atoms with van der Waals surface area (Å²) in [6, 6.07) is 0. The molecule has 5 heteroatoms. The Balaban J connectivity index is 2.65. The summed E-state index contributed by atoms with van der Waals surface area (Å²) in [5, 5.41) is 0. The van der Waals surface area contributed by atoms with Gasteiger partial charge < -0.3 is 9.30 Å². The lowest BCUT2D eigenvalue weighted by Gasteiger charge is -2.20. The van der Waals surface area contributed by atoms with Gasteiger partial charge in [0.15, 0.2) is 5.78 Å². The summed E-state index contributed by atoms with van der Waals surface area (Å²) < 4.78 is 6.68. The number of nitrogens with zero attached hydrogens (tertiary/aromatic N) is 1. The minimum Gasteiger partial charge on any atom is -0.462 e. The maximum atomic E-state index is 12.3. The molecule has 19 heavy (non-hydrogen) atoms. The summed E-state index contributed by atoms with van der Waals surface area (Å²) in [4.78, 5) is 36.0. The van der Waals surface area contributed by atoms with Crippen molar-refractivity contribution in [2.24, 2.45) is 0 Å². The molecule has 102 valence electrons. The van der Waals surface area contributed by atoms with Gasteiger partial charge >= 0.3 is 5.97 Å². The number of aryl methyl sites for hydroxylation is 1. The lowest BCUT2D eigenvalue weighted by molar-refractivity contribution is 0.0523. The lowest BCUT2D eigenvalue weighted by atomic mass is 9.92. The molecule has 0 atom stereocenters. The van der Waals surface area contributed by atoms with Crippen LogP contribution in [0, 0.1) is 0 Å². The molecule has 1 heterocycles. The molecular weight excluding hydrogens is 246 g/mol. The van der Waals surface area contributed by atoms with Gasteiger partial charge in [-0.15, -0.1) is 0 Å². The van der Waals surface area contributed by atoms with Crippen LogP contribution in [0.2, 0.25) is 0 Å². The van der Waals surface area contributed by atoms with Crippen LogP contribution >= 0.6 is 0 Å². The molecule has 5 nitrogen and oxygen atoms in total. The Morgan fingerprint density at radius 1 is 1.32 bits per heavy atom. The number of Topliss-reactive ketones (excluding diaryl/α,β-unsaturated/α-hetero) is 1. The molecule has 0 fully saturated rings. The fourth-order valence-corrected chi connectivity index (χ4v) is 2.44. The molecule has 1 aliphatic rings. The van der Waals surface area contributed by atoms with Crippen molar-refractivity contribution in [3.8, 4) is 0 Å². The van der Waals surface area contributed by atoms with Crippen LogP contribution < -0.4 is 5.43 Å². The first-order valence-electron chi connectivity index (χ1n) is 6.56. The van der Waals surface area contributed by atoms with Gasteiger partial charge in [-0.25, -0.2) is 4.79 Å². The van der Waals surface area contributed by atoms with E-state index in [2.05, 4.69) is 0 Å². The number of hydrogen-bond donors (Lipinski definition) is 0.